The second-order valence-corrected chi connectivity index (χ2v) is 12.1. The highest BCUT2D eigenvalue weighted by Gasteiger charge is 1.88. The molecule has 0 atom stereocenters. The van der Waals surface area contributed by atoms with Gasteiger partial charge in [-0.2, -0.15) is 75.8 Å². The van der Waals surface area contributed by atoms with Gasteiger partial charge in [-0.25, -0.2) is 0 Å². The highest BCUT2D eigenvalue weighted by molar-refractivity contribution is 7.81. The van der Waals surface area contributed by atoms with Crippen molar-refractivity contribution in [3.63, 3.8) is 0 Å². The average molecular weight is 883 g/mol. The molecule has 45 heteroatoms. The minimum atomic E-state index is -4.67. The zero-order chi connectivity index (χ0) is 40.5. The molecule has 0 saturated carbocycles. The van der Waals surface area contributed by atoms with Gasteiger partial charge in [0.2, 0.25) is 0 Å². The van der Waals surface area contributed by atoms with Crippen LogP contribution in [0.25, 0.3) is 0 Å². The highest BCUT2D eigenvalue weighted by Crippen LogP contribution is 1.62. The molecule has 36 nitrogen and oxygen atoms in total. The first-order chi connectivity index (χ1) is 18.0. The minimum Gasteiger partial charge on any atom is -0.264 e. The Hall–Kier alpha value is -1.17. The Balaban J connectivity index is -0.0000000463. The van der Waals surface area contributed by atoms with Crippen LogP contribution in [0, 0.1) is 0 Å². The normalized spacial score (nSPS) is 11.6. The Kier molecular flexibility index (Phi) is 39.5. The first kappa shape index (κ1) is 66.3. The van der Waals surface area contributed by atoms with Crippen molar-refractivity contribution in [3.8, 4) is 0 Å². The molecular formula is H18O36S9. The molecule has 0 amide bonds. The molecule has 45 heavy (non-hydrogen) atoms. The number of hydrogen-bond acceptors (Lipinski definition) is 18. The van der Waals surface area contributed by atoms with Crippen molar-refractivity contribution in [1.82, 2.24) is 0 Å². The Labute approximate surface area is 250 Å². The van der Waals surface area contributed by atoms with Gasteiger partial charge in [-0.1, -0.05) is 0 Å². The van der Waals surface area contributed by atoms with Crippen molar-refractivity contribution in [2.75, 3.05) is 0 Å². The minimum absolute atomic E-state index is 4.67. The van der Waals surface area contributed by atoms with Gasteiger partial charge in [-0.3, -0.25) is 81.9 Å². The number of hydrogen-bond donors (Lipinski definition) is 18. The molecule has 0 saturated heterocycles. The summed E-state index contributed by atoms with van der Waals surface area (Å²) in [6.07, 6.45) is 0. The molecule has 0 aromatic heterocycles. The molecule has 18 N–H and O–H groups in total. The van der Waals surface area contributed by atoms with Crippen LogP contribution in [0.4, 0.5) is 0 Å². The fourth-order valence-electron chi connectivity index (χ4n) is 0. The fraction of sp³-hybridized carbons (Fsp3) is 0. The molecule has 0 aliphatic rings. The summed E-state index contributed by atoms with van der Waals surface area (Å²) in [6, 6.07) is 0. The van der Waals surface area contributed by atoms with Crippen LogP contribution in [-0.2, 0) is 93.6 Å². The lowest BCUT2D eigenvalue weighted by Gasteiger charge is -1.68. The van der Waals surface area contributed by atoms with E-state index < -0.39 is 93.6 Å². The molecule has 0 unspecified atom stereocenters. The van der Waals surface area contributed by atoms with E-state index in [2.05, 4.69) is 0 Å². The van der Waals surface area contributed by atoms with Gasteiger partial charge in [0.1, 0.15) is 0 Å². The van der Waals surface area contributed by atoms with Gasteiger partial charge < -0.3 is 0 Å². The van der Waals surface area contributed by atoms with Crippen molar-refractivity contribution >= 4 is 93.6 Å². The Morgan fingerprint density at radius 3 is 0.133 bits per heavy atom. The van der Waals surface area contributed by atoms with Crippen molar-refractivity contribution in [3.05, 3.63) is 0 Å². The van der Waals surface area contributed by atoms with Gasteiger partial charge in [-0.05, 0) is 0 Å². The van der Waals surface area contributed by atoms with E-state index in [9.17, 15) is 0 Å². The van der Waals surface area contributed by atoms with Crippen LogP contribution in [0.2, 0.25) is 0 Å². The average Bonchev–Trinajstić information content (AvgIpc) is 2.26. The van der Waals surface area contributed by atoms with Crippen LogP contribution in [0.15, 0.2) is 0 Å². The third kappa shape index (κ3) is 52200. The molecule has 0 fully saturated rings. The van der Waals surface area contributed by atoms with Crippen LogP contribution in [0.3, 0.4) is 0 Å². The zero-order valence-corrected chi connectivity index (χ0v) is 26.4. The topological polar surface area (TPSA) is 671 Å². The quantitative estimate of drug-likeness (QED) is 0.101. The van der Waals surface area contributed by atoms with Crippen LogP contribution in [0.5, 0.6) is 0 Å². The summed E-state index contributed by atoms with van der Waals surface area (Å²) in [4.78, 5) is 0. The fourth-order valence-corrected chi connectivity index (χ4v) is 0. The second-order valence-electron chi connectivity index (χ2n) is 4.03. The molecule has 0 aliphatic heterocycles. The van der Waals surface area contributed by atoms with E-state index in [1.807, 2.05) is 0 Å². The third-order valence-corrected chi connectivity index (χ3v) is 0. The van der Waals surface area contributed by atoms with Gasteiger partial charge >= 0.3 is 93.6 Å². The lowest BCUT2D eigenvalue weighted by molar-refractivity contribution is 0.378. The molecule has 0 spiro atoms. The monoisotopic (exact) mass is 882 g/mol. The van der Waals surface area contributed by atoms with Crippen molar-refractivity contribution in [2.45, 2.75) is 0 Å². The summed E-state index contributed by atoms with van der Waals surface area (Å²) in [6.45, 7) is 0. The van der Waals surface area contributed by atoms with Crippen LogP contribution >= 0.6 is 0 Å². The van der Waals surface area contributed by atoms with E-state index in [-0.39, 0.29) is 0 Å². The lowest BCUT2D eigenvalue weighted by Crippen LogP contribution is -1.89. The summed E-state index contributed by atoms with van der Waals surface area (Å²) in [5.74, 6) is 0. The van der Waals surface area contributed by atoms with E-state index in [0.29, 0.717) is 0 Å². The van der Waals surface area contributed by atoms with Gasteiger partial charge in [0.05, 0.1) is 0 Å². The maximum Gasteiger partial charge on any atom is 0.394 e. The maximum absolute atomic E-state index is 8.74. The molecule has 0 aromatic rings. The Bertz CT molecular complexity index is 1210. The standard InChI is InChI=1S/9H2O4S/c9*1-5(2,3)4/h9*(H2,1,2,3,4). The Morgan fingerprint density at radius 1 is 0.133 bits per heavy atom. The summed E-state index contributed by atoms with van der Waals surface area (Å²) in [7, 11) is -42.0. The summed E-state index contributed by atoms with van der Waals surface area (Å²) in [5.41, 5.74) is 0. The predicted molar refractivity (Wildman–Crippen MR) is 128 cm³/mol. The van der Waals surface area contributed by atoms with E-state index in [1.54, 1.807) is 0 Å². The smallest absolute Gasteiger partial charge is 0.264 e. The second kappa shape index (κ2) is 26.9. The van der Waals surface area contributed by atoms with Crippen LogP contribution < -0.4 is 0 Å². The van der Waals surface area contributed by atoms with Gasteiger partial charge in [0, 0.05) is 0 Å². The molecular weight excluding hydrogens is 865 g/mol. The lowest BCUT2D eigenvalue weighted by atomic mass is 15.8. The van der Waals surface area contributed by atoms with Gasteiger partial charge in [-0.15, -0.1) is 0 Å². The van der Waals surface area contributed by atoms with Crippen molar-refractivity contribution < 1.29 is 158 Å². The summed E-state index contributed by atoms with van der Waals surface area (Å²) < 4.78 is 284. The van der Waals surface area contributed by atoms with Crippen LogP contribution in [-0.4, -0.2) is 158 Å². The molecule has 0 aromatic carbocycles. The van der Waals surface area contributed by atoms with E-state index >= 15 is 0 Å². The molecule has 0 aliphatic carbocycles. The van der Waals surface area contributed by atoms with Gasteiger partial charge in [0.25, 0.3) is 0 Å². The first-order valence-electron chi connectivity index (χ1n) is 6.29. The highest BCUT2D eigenvalue weighted by atomic mass is 32.3. The predicted octanol–water partition coefficient (Wildman–Crippen LogP) is -5.88. The Morgan fingerprint density at radius 2 is 0.133 bits per heavy atom. The molecule has 288 valence electrons. The molecule has 0 radical (unpaired) electrons. The van der Waals surface area contributed by atoms with E-state index in [4.69, 9.17) is 158 Å². The van der Waals surface area contributed by atoms with Gasteiger partial charge in [0.15, 0.2) is 0 Å². The van der Waals surface area contributed by atoms with E-state index in [0.717, 1.165) is 0 Å². The zero-order valence-electron chi connectivity index (χ0n) is 19.1. The molecule has 0 heterocycles. The summed E-state index contributed by atoms with van der Waals surface area (Å²) >= 11 is 0. The molecule has 0 bridgehead atoms. The maximum atomic E-state index is 8.74. The largest absolute Gasteiger partial charge is 0.394 e. The van der Waals surface area contributed by atoms with Crippen molar-refractivity contribution in [2.24, 2.45) is 0 Å². The number of rotatable bonds is 0. The summed E-state index contributed by atoms with van der Waals surface area (Å²) in [5, 5.41) is 0. The van der Waals surface area contributed by atoms with Crippen LogP contribution in [0.1, 0.15) is 0 Å². The third-order valence-electron chi connectivity index (χ3n) is 0. The van der Waals surface area contributed by atoms with Crippen molar-refractivity contribution in [1.29, 1.82) is 0 Å². The van der Waals surface area contributed by atoms with E-state index in [1.165, 1.54) is 0 Å². The SMILES string of the molecule is O=S(=O)(O)O.O=S(=O)(O)O.O=S(=O)(O)O.O=S(=O)(O)O.O=S(=O)(O)O.O=S(=O)(O)O.O=S(=O)(O)O.O=S(=O)(O)O.O=S(=O)(O)O. The molecule has 0 rings (SSSR count). The first-order valence-corrected chi connectivity index (χ1v) is 18.9.